The van der Waals surface area contributed by atoms with E-state index in [9.17, 15) is 0 Å². The maximum absolute atomic E-state index is 6.03. The fourth-order valence-corrected chi connectivity index (χ4v) is 3.57. The van der Waals surface area contributed by atoms with Crippen molar-refractivity contribution in [2.45, 2.75) is 51.2 Å². The number of hydrogen-bond acceptors (Lipinski definition) is 3. The first-order chi connectivity index (χ1) is 9.36. The summed E-state index contributed by atoms with van der Waals surface area (Å²) in [5, 5.41) is 3.48. The van der Waals surface area contributed by atoms with Gasteiger partial charge in [-0.3, -0.25) is 0 Å². The number of piperidine rings is 1. The fraction of sp³-hybridized carbons (Fsp3) is 0.800. The number of hydrogen-bond donors (Lipinski definition) is 1. The zero-order chi connectivity index (χ0) is 13.0. The van der Waals surface area contributed by atoms with Crippen molar-refractivity contribution in [3.05, 3.63) is 18.7 Å². The summed E-state index contributed by atoms with van der Waals surface area (Å²) in [5.41, 5.74) is 0.648. The molecule has 4 nitrogen and oxygen atoms in total. The summed E-state index contributed by atoms with van der Waals surface area (Å²) in [5.74, 6) is 0. The molecule has 1 aromatic rings. The molecule has 1 N–H and O–H groups in total. The molecular weight excluding hydrogens is 238 g/mol. The van der Waals surface area contributed by atoms with Gasteiger partial charge in [-0.05, 0) is 57.0 Å². The van der Waals surface area contributed by atoms with Crippen molar-refractivity contribution in [2.75, 3.05) is 19.7 Å². The Morgan fingerprint density at radius 1 is 1.21 bits per heavy atom. The first kappa shape index (κ1) is 13.1. The highest BCUT2D eigenvalue weighted by molar-refractivity contribution is 4.89. The minimum Gasteiger partial charge on any atom is -0.376 e. The molecule has 106 valence electrons. The quantitative estimate of drug-likeness (QED) is 0.905. The third kappa shape index (κ3) is 3.37. The van der Waals surface area contributed by atoms with E-state index in [-0.39, 0.29) is 0 Å². The zero-order valence-electron chi connectivity index (χ0n) is 11.7. The molecule has 3 rings (SSSR count). The van der Waals surface area contributed by atoms with Gasteiger partial charge in [0.15, 0.2) is 0 Å². The van der Waals surface area contributed by atoms with E-state index in [1.165, 1.54) is 51.6 Å². The Bertz CT molecular complexity index is 361. The van der Waals surface area contributed by atoms with E-state index in [4.69, 9.17) is 4.74 Å². The van der Waals surface area contributed by atoms with Gasteiger partial charge in [-0.2, -0.15) is 0 Å². The van der Waals surface area contributed by atoms with Crippen LogP contribution in [0, 0.1) is 5.41 Å². The predicted molar refractivity (Wildman–Crippen MR) is 75.0 cm³/mol. The van der Waals surface area contributed by atoms with Crippen LogP contribution in [0.5, 0.6) is 0 Å². The lowest BCUT2D eigenvalue weighted by Gasteiger charge is -2.43. The van der Waals surface area contributed by atoms with E-state index >= 15 is 0 Å². The van der Waals surface area contributed by atoms with Gasteiger partial charge >= 0.3 is 0 Å². The molecule has 1 aliphatic carbocycles. The van der Waals surface area contributed by atoms with Crippen LogP contribution >= 0.6 is 0 Å². The molecule has 2 fully saturated rings. The second kappa shape index (κ2) is 6.06. The Kier molecular flexibility index (Phi) is 4.18. The van der Waals surface area contributed by atoms with E-state index in [0.29, 0.717) is 11.5 Å². The topological polar surface area (TPSA) is 39.1 Å². The molecule has 0 amide bonds. The average Bonchev–Trinajstić information content (AvgIpc) is 2.96. The van der Waals surface area contributed by atoms with Gasteiger partial charge in [-0.25, -0.2) is 4.98 Å². The second-order valence-electron chi connectivity index (χ2n) is 6.12. The molecule has 19 heavy (non-hydrogen) atoms. The number of nitrogens with one attached hydrogen (secondary N) is 1. The monoisotopic (exact) mass is 263 g/mol. The van der Waals surface area contributed by atoms with Crippen LogP contribution in [0.1, 0.15) is 38.5 Å². The number of imidazole rings is 1. The molecule has 1 saturated carbocycles. The van der Waals surface area contributed by atoms with Gasteiger partial charge in [0.1, 0.15) is 0 Å². The molecule has 0 aromatic carbocycles. The highest BCUT2D eigenvalue weighted by Crippen LogP contribution is 2.43. The molecule has 0 bridgehead atoms. The lowest BCUT2D eigenvalue weighted by molar-refractivity contribution is -0.0146. The summed E-state index contributed by atoms with van der Waals surface area (Å²) in [6.45, 7) is 4.17. The molecule has 0 radical (unpaired) electrons. The lowest BCUT2D eigenvalue weighted by Crippen LogP contribution is -2.40. The van der Waals surface area contributed by atoms with E-state index in [1.807, 2.05) is 18.7 Å². The highest BCUT2D eigenvalue weighted by Gasteiger charge is 2.36. The number of ether oxygens (including phenoxy) is 1. The SMILES string of the molecule is c1cn(CCOC2CCC3(CCNCC3)CC2)cn1. The standard InChI is InChI=1S/C15H25N3O/c1-3-15(5-7-16-8-6-15)4-2-14(1)19-12-11-18-10-9-17-13-18/h9-10,13-14,16H,1-8,11-12H2. The van der Waals surface area contributed by atoms with Crippen LogP contribution in [0.3, 0.4) is 0 Å². The third-order valence-corrected chi connectivity index (χ3v) is 4.92. The van der Waals surface area contributed by atoms with Crippen molar-refractivity contribution in [1.82, 2.24) is 14.9 Å². The van der Waals surface area contributed by atoms with E-state index < -0.39 is 0 Å². The maximum Gasteiger partial charge on any atom is 0.0946 e. The van der Waals surface area contributed by atoms with Crippen molar-refractivity contribution >= 4 is 0 Å². The summed E-state index contributed by atoms with van der Waals surface area (Å²) in [6, 6.07) is 0. The van der Waals surface area contributed by atoms with Crippen molar-refractivity contribution < 1.29 is 4.74 Å². The molecule has 4 heteroatoms. The summed E-state index contributed by atoms with van der Waals surface area (Å²) < 4.78 is 8.11. The maximum atomic E-state index is 6.03. The fourth-order valence-electron chi connectivity index (χ4n) is 3.57. The summed E-state index contributed by atoms with van der Waals surface area (Å²) in [6.07, 6.45) is 14.1. The van der Waals surface area contributed by atoms with Crippen LogP contribution in [0.2, 0.25) is 0 Å². The van der Waals surface area contributed by atoms with Crippen molar-refractivity contribution in [1.29, 1.82) is 0 Å². The van der Waals surface area contributed by atoms with E-state index in [0.717, 1.165) is 13.2 Å². The van der Waals surface area contributed by atoms with Crippen molar-refractivity contribution in [3.63, 3.8) is 0 Å². The average molecular weight is 263 g/mol. The van der Waals surface area contributed by atoms with E-state index in [1.54, 1.807) is 0 Å². The van der Waals surface area contributed by atoms with Crippen LogP contribution in [0.25, 0.3) is 0 Å². The number of aromatic nitrogens is 2. The molecule has 1 saturated heterocycles. The molecule has 0 unspecified atom stereocenters. The smallest absolute Gasteiger partial charge is 0.0946 e. The minimum absolute atomic E-state index is 0.490. The number of nitrogens with zero attached hydrogens (tertiary/aromatic N) is 2. The van der Waals surface area contributed by atoms with Gasteiger partial charge < -0.3 is 14.6 Å². The Morgan fingerprint density at radius 3 is 2.68 bits per heavy atom. The number of rotatable bonds is 4. The molecular formula is C15H25N3O. The summed E-state index contributed by atoms with van der Waals surface area (Å²) >= 11 is 0. The van der Waals surface area contributed by atoms with Gasteiger partial charge in [-0.1, -0.05) is 0 Å². The van der Waals surface area contributed by atoms with E-state index in [2.05, 4.69) is 14.9 Å². The van der Waals surface area contributed by atoms with Crippen LogP contribution in [0.4, 0.5) is 0 Å². The molecule has 1 aromatic heterocycles. The lowest BCUT2D eigenvalue weighted by atomic mass is 9.68. The Morgan fingerprint density at radius 2 is 2.00 bits per heavy atom. The van der Waals surface area contributed by atoms with Crippen LogP contribution in [-0.2, 0) is 11.3 Å². The molecule has 0 atom stereocenters. The van der Waals surface area contributed by atoms with Crippen LogP contribution < -0.4 is 5.32 Å². The highest BCUT2D eigenvalue weighted by atomic mass is 16.5. The van der Waals surface area contributed by atoms with Crippen LogP contribution in [0.15, 0.2) is 18.7 Å². The van der Waals surface area contributed by atoms with Gasteiger partial charge in [0, 0.05) is 18.9 Å². The Labute approximate surface area is 115 Å². The Hall–Kier alpha value is -0.870. The van der Waals surface area contributed by atoms with Gasteiger partial charge in [0.2, 0.25) is 0 Å². The van der Waals surface area contributed by atoms with Crippen LogP contribution in [-0.4, -0.2) is 35.4 Å². The third-order valence-electron chi connectivity index (χ3n) is 4.92. The summed E-state index contributed by atoms with van der Waals surface area (Å²) in [4.78, 5) is 4.05. The van der Waals surface area contributed by atoms with Gasteiger partial charge in [0.25, 0.3) is 0 Å². The van der Waals surface area contributed by atoms with Crippen molar-refractivity contribution in [3.8, 4) is 0 Å². The molecule has 1 aliphatic heterocycles. The second-order valence-corrected chi connectivity index (χ2v) is 6.12. The molecule has 1 spiro atoms. The molecule has 2 heterocycles. The normalized spacial score (nSPS) is 23.8. The zero-order valence-corrected chi connectivity index (χ0v) is 11.7. The Balaban J connectivity index is 1.38. The summed E-state index contributed by atoms with van der Waals surface area (Å²) in [7, 11) is 0. The first-order valence-electron chi connectivity index (χ1n) is 7.64. The minimum atomic E-state index is 0.490. The molecule has 2 aliphatic rings. The van der Waals surface area contributed by atoms with Gasteiger partial charge in [0.05, 0.1) is 19.0 Å². The first-order valence-corrected chi connectivity index (χ1v) is 7.64. The van der Waals surface area contributed by atoms with Gasteiger partial charge in [-0.15, -0.1) is 0 Å². The largest absolute Gasteiger partial charge is 0.376 e. The predicted octanol–water partition coefficient (Wildman–Crippen LogP) is 2.21. The van der Waals surface area contributed by atoms with Crippen molar-refractivity contribution in [2.24, 2.45) is 5.41 Å².